The van der Waals surface area contributed by atoms with Gasteiger partial charge in [-0.1, -0.05) is 0 Å². The van der Waals surface area contributed by atoms with Gasteiger partial charge < -0.3 is 9.47 Å². The van der Waals surface area contributed by atoms with Gasteiger partial charge in [-0.25, -0.2) is 0 Å². The molecule has 0 radical (unpaired) electrons. The second-order valence-electron chi connectivity index (χ2n) is 4.36. The fourth-order valence-corrected chi connectivity index (χ4v) is 3.14. The van der Waals surface area contributed by atoms with Gasteiger partial charge in [-0.05, 0) is 35.9 Å². The summed E-state index contributed by atoms with van der Waals surface area (Å²) in [4.78, 5) is 1.96. The summed E-state index contributed by atoms with van der Waals surface area (Å²) in [7, 11) is 0. The second kappa shape index (κ2) is 4.61. The minimum atomic E-state index is 0.263. The molecule has 0 spiro atoms. The highest BCUT2D eigenvalue weighted by atomic mass is 32.1. The maximum absolute atomic E-state index is 9.00. The second-order valence-corrected chi connectivity index (χ2v) is 5.45. The average molecular weight is 296 g/mol. The minimum absolute atomic E-state index is 0.263. The third-order valence-electron chi connectivity index (χ3n) is 3.15. The Hall–Kier alpha value is -2.85. The first kappa shape index (κ1) is 11.9. The molecule has 1 N–H and O–H groups in total. The van der Waals surface area contributed by atoms with Gasteiger partial charge in [0, 0.05) is 4.88 Å². The molecular weight excluding hydrogens is 288 g/mol. The summed E-state index contributed by atoms with van der Waals surface area (Å²) in [5, 5.41) is 19.3. The standard InChI is InChI=1S/C14H8N4O2S/c15-6-9-14(17-18-16-9)13-4-3-12(21-13)8-1-2-10-11(5-8)20-7-19-10/h1-5H,7H2,(H,16,17,18). The first-order valence-corrected chi connectivity index (χ1v) is 6.98. The maximum atomic E-state index is 9.00. The van der Waals surface area contributed by atoms with Crippen molar-refractivity contribution in [3.05, 3.63) is 36.0 Å². The molecule has 4 rings (SSSR count). The summed E-state index contributed by atoms with van der Waals surface area (Å²) in [5.41, 5.74) is 1.92. The van der Waals surface area contributed by atoms with Crippen molar-refractivity contribution >= 4 is 11.3 Å². The molecule has 1 aliphatic heterocycles. The highest BCUT2D eigenvalue weighted by Gasteiger charge is 2.16. The van der Waals surface area contributed by atoms with E-state index in [4.69, 9.17) is 14.7 Å². The number of benzene rings is 1. The van der Waals surface area contributed by atoms with Crippen LogP contribution in [-0.2, 0) is 0 Å². The van der Waals surface area contributed by atoms with Gasteiger partial charge >= 0.3 is 0 Å². The van der Waals surface area contributed by atoms with Crippen LogP contribution < -0.4 is 9.47 Å². The lowest BCUT2D eigenvalue weighted by atomic mass is 10.1. The first-order valence-electron chi connectivity index (χ1n) is 6.16. The van der Waals surface area contributed by atoms with Crippen LogP contribution >= 0.6 is 11.3 Å². The van der Waals surface area contributed by atoms with Gasteiger partial charge in [0.2, 0.25) is 6.79 Å². The molecule has 3 aromatic rings. The van der Waals surface area contributed by atoms with Gasteiger partial charge in [0.05, 0.1) is 4.88 Å². The highest BCUT2D eigenvalue weighted by molar-refractivity contribution is 7.18. The first-order chi connectivity index (χ1) is 10.3. The fourth-order valence-electron chi connectivity index (χ4n) is 2.15. The lowest BCUT2D eigenvalue weighted by molar-refractivity contribution is 0.174. The Morgan fingerprint density at radius 1 is 1.10 bits per heavy atom. The number of aromatic nitrogens is 3. The summed E-state index contributed by atoms with van der Waals surface area (Å²) >= 11 is 1.55. The van der Waals surface area contributed by atoms with E-state index in [2.05, 4.69) is 15.4 Å². The SMILES string of the molecule is N#Cc1n[nH]nc1-c1ccc(-c2ccc3c(c2)OCO3)s1. The van der Waals surface area contributed by atoms with Gasteiger partial charge in [0.1, 0.15) is 11.8 Å². The summed E-state index contributed by atoms with van der Waals surface area (Å²) in [6.07, 6.45) is 0. The summed E-state index contributed by atoms with van der Waals surface area (Å²) in [5.74, 6) is 1.51. The lowest BCUT2D eigenvalue weighted by Gasteiger charge is -1.99. The fraction of sp³-hybridized carbons (Fsp3) is 0.0714. The molecule has 0 saturated heterocycles. The zero-order valence-electron chi connectivity index (χ0n) is 10.7. The zero-order valence-corrected chi connectivity index (χ0v) is 11.5. The van der Waals surface area contributed by atoms with Crippen molar-refractivity contribution in [3.8, 4) is 38.6 Å². The number of H-pyrrole nitrogens is 1. The molecule has 102 valence electrons. The molecule has 21 heavy (non-hydrogen) atoms. The van der Waals surface area contributed by atoms with Crippen LogP contribution in [0, 0.1) is 11.3 Å². The van der Waals surface area contributed by atoms with E-state index in [1.165, 1.54) is 0 Å². The van der Waals surface area contributed by atoms with Crippen molar-refractivity contribution < 1.29 is 9.47 Å². The van der Waals surface area contributed by atoms with E-state index in [9.17, 15) is 0 Å². The van der Waals surface area contributed by atoms with Crippen LogP contribution in [-0.4, -0.2) is 22.2 Å². The molecule has 0 fully saturated rings. The third kappa shape index (κ3) is 1.93. The van der Waals surface area contributed by atoms with Crippen LogP contribution in [0.25, 0.3) is 21.0 Å². The number of thiophene rings is 1. The molecule has 6 nitrogen and oxygen atoms in total. The smallest absolute Gasteiger partial charge is 0.231 e. The van der Waals surface area contributed by atoms with E-state index in [-0.39, 0.29) is 6.79 Å². The van der Waals surface area contributed by atoms with Crippen LogP contribution in [0.4, 0.5) is 0 Å². The topological polar surface area (TPSA) is 83.8 Å². The Kier molecular flexibility index (Phi) is 2.62. The van der Waals surface area contributed by atoms with Crippen molar-refractivity contribution in [3.63, 3.8) is 0 Å². The van der Waals surface area contributed by atoms with Crippen LogP contribution in [0.5, 0.6) is 11.5 Å². The Labute approximate surface area is 123 Å². The van der Waals surface area contributed by atoms with Crippen molar-refractivity contribution in [2.24, 2.45) is 0 Å². The molecule has 1 aromatic carbocycles. The Morgan fingerprint density at radius 2 is 1.95 bits per heavy atom. The zero-order chi connectivity index (χ0) is 14.2. The third-order valence-corrected chi connectivity index (χ3v) is 4.29. The highest BCUT2D eigenvalue weighted by Crippen LogP contribution is 2.39. The number of fused-ring (bicyclic) bond motifs is 1. The Morgan fingerprint density at radius 3 is 2.86 bits per heavy atom. The number of nitriles is 1. The normalized spacial score (nSPS) is 12.3. The number of hydrogen-bond donors (Lipinski definition) is 1. The molecule has 0 unspecified atom stereocenters. The summed E-state index contributed by atoms with van der Waals surface area (Å²) in [6, 6.07) is 11.8. The number of nitrogens with one attached hydrogen (secondary N) is 1. The predicted molar refractivity (Wildman–Crippen MR) is 76.0 cm³/mol. The van der Waals surface area contributed by atoms with Gasteiger partial charge in [0.15, 0.2) is 17.2 Å². The number of ether oxygens (including phenoxy) is 2. The molecular formula is C14H8N4O2S. The molecule has 0 bridgehead atoms. The van der Waals surface area contributed by atoms with E-state index in [1.807, 2.05) is 36.4 Å². The molecule has 2 aromatic heterocycles. The van der Waals surface area contributed by atoms with Crippen molar-refractivity contribution in [1.82, 2.24) is 15.4 Å². The summed E-state index contributed by atoms with van der Waals surface area (Å²) < 4.78 is 10.7. The quantitative estimate of drug-likeness (QED) is 0.786. The lowest BCUT2D eigenvalue weighted by Crippen LogP contribution is -1.92. The van der Waals surface area contributed by atoms with E-state index >= 15 is 0 Å². The van der Waals surface area contributed by atoms with Gasteiger partial charge in [0.25, 0.3) is 0 Å². The van der Waals surface area contributed by atoms with Crippen molar-refractivity contribution in [2.75, 3.05) is 6.79 Å². The van der Waals surface area contributed by atoms with Gasteiger partial charge in [-0.15, -0.1) is 16.4 Å². The van der Waals surface area contributed by atoms with E-state index in [1.54, 1.807) is 11.3 Å². The van der Waals surface area contributed by atoms with E-state index in [0.29, 0.717) is 11.4 Å². The number of aromatic amines is 1. The molecule has 0 saturated carbocycles. The Bertz CT molecular complexity index is 862. The van der Waals surface area contributed by atoms with Crippen LogP contribution in [0.1, 0.15) is 5.69 Å². The van der Waals surface area contributed by atoms with E-state index in [0.717, 1.165) is 26.8 Å². The monoisotopic (exact) mass is 296 g/mol. The molecule has 3 heterocycles. The molecule has 0 aliphatic carbocycles. The number of hydrogen-bond acceptors (Lipinski definition) is 6. The van der Waals surface area contributed by atoms with Crippen molar-refractivity contribution in [2.45, 2.75) is 0 Å². The van der Waals surface area contributed by atoms with E-state index < -0.39 is 0 Å². The predicted octanol–water partition coefficient (Wildman–Crippen LogP) is 2.80. The molecule has 0 atom stereocenters. The average Bonchev–Trinajstić information content (AvgIpc) is 3.24. The summed E-state index contributed by atoms with van der Waals surface area (Å²) in [6.45, 7) is 0.263. The maximum Gasteiger partial charge on any atom is 0.231 e. The van der Waals surface area contributed by atoms with Crippen LogP contribution in [0.3, 0.4) is 0 Å². The number of rotatable bonds is 2. The molecule has 7 heteroatoms. The Balaban J connectivity index is 1.73. The molecule has 1 aliphatic rings. The minimum Gasteiger partial charge on any atom is -0.454 e. The largest absolute Gasteiger partial charge is 0.454 e. The van der Waals surface area contributed by atoms with Gasteiger partial charge in [-0.3, -0.25) is 0 Å². The number of nitrogens with zero attached hydrogens (tertiary/aromatic N) is 3. The van der Waals surface area contributed by atoms with Crippen LogP contribution in [0.2, 0.25) is 0 Å². The van der Waals surface area contributed by atoms with Crippen molar-refractivity contribution in [1.29, 1.82) is 5.26 Å². The van der Waals surface area contributed by atoms with Gasteiger partial charge in [-0.2, -0.15) is 15.6 Å². The van der Waals surface area contributed by atoms with Crippen LogP contribution in [0.15, 0.2) is 30.3 Å². The molecule has 0 amide bonds.